The van der Waals surface area contributed by atoms with Crippen LogP contribution in [0, 0.1) is 6.92 Å². The molecule has 0 spiro atoms. The van der Waals surface area contributed by atoms with Crippen molar-refractivity contribution in [3.8, 4) is 0 Å². The maximum Gasteiger partial charge on any atom is 0.243 e. The van der Waals surface area contributed by atoms with Crippen LogP contribution in [0.15, 0.2) is 48.5 Å². The average molecular weight is 310 g/mol. The van der Waals surface area contributed by atoms with Crippen molar-refractivity contribution in [2.75, 3.05) is 23.3 Å². The summed E-state index contributed by atoms with van der Waals surface area (Å²) in [5.74, 6) is 0.395. The van der Waals surface area contributed by atoms with Crippen molar-refractivity contribution in [1.29, 1.82) is 0 Å². The molecule has 0 fully saturated rings. The number of rotatable bonds is 6. The lowest BCUT2D eigenvalue weighted by molar-refractivity contribution is -0.115. The van der Waals surface area contributed by atoms with Crippen molar-refractivity contribution < 1.29 is 4.79 Å². The first-order valence-electron chi connectivity index (χ1n) is 8.21. The van der Waals surface area contributed by atoms with Crippen LogP contribution in [0.1, 0.15) is 37.8 Å². The number of nitrogens with one attached hydrogen (secondary N) is 1. The zero-order chi connectivity index (χ0) is 16.8. The van der Waals surface area contributed by atoms with E-state index in [1.807, 2.05) is 30.3 Å². The number of nitrogens with zero attached hydrogens (tertiary/aromatic N) is 1. The van der Waals surface area contributed by atoms with Crippen molar-refractivity contribution in [2.45, 2.75) is 33.6 Å². The second-order valence-electron chi connectivity index (χ2n) is 6.14. The molecular formula is C20H26N2O. The van der Waals surface area contributed by atoms with Gasteiger partial charge < -0.3 is 10.2 Å². The van der Waals surface area contributed by atoms with E-state index in [4.69, 9.17) is 0 Å². The number of carbonyl (C=O) groups excluding carboxylic acids is 1. The number of amides is 1. The van der Waals surface area contributed by atoms with E-state index in [-0.39, 0.29) is 5.91 Å². The SMILES string of the molecule is CCN(CC(=O)Nc1ccccc1C(C)C)c1cccc(C)c1. The van der Waals surface area contributed by atoms with Gasteiger partial charge in [0.25, 0.3) is 0 Å². The number of hydrogen-bond acceptors (Lipinski definition) is 2. The van der Waals surface area contributed by atoms with Gasteiger partial charge in [-0.25, -0.2) is 0 Å². The van der Waals surface area contributed by atoms with Gasteiger partial charge in [0.1, 0.15) is 0 Å². The van der Waals surface area contributed by atoms with Gasteiger partial charge in [-0.05, 0) is 49.1 Å². The molecule has 1 amide bonds. The molecule has 0 aliphatic carbocycles. The highest BCUT2D eigenvalue weighted by Crippen LogP contribution is 2.24. The molecule has 0 radical (unpaired) electrons. The molecule has 0 atom stereocenters. The monoisotopic (exact) mass is 310 g/mol. The first-order chi connectivity index (χ1) is 11.0. The predicted octanol–water partition coefficient (Wildman–Crippen LogP) is 4.58. The molecule has 0 saturated heterocycles. The summed E-state index contributed by atoms with van der Waals surface area (Å²) in [5, 5.41) is 3.06. The van der Waals surface area contributed by atoms with Crippen molar-refractivity contribution >= 4 is 17.3 Å². The van der Waals surface area contributed by atoms with Crippen molar-refractivity contribution in [3.63, 3.8) is 0 Å². The van der Waals surface area contributed by atoms with Crippen LogP contribution in [0.2, 0.25) is 0 Å². The molecule has 0 unspecified atom stereocenters. The predicted molar refractivity (Wildman–Crippen MR) is 98.2 cm³/mol. The molecule has 2 aromatic carbocycles. The Kier molecular flexibility index (Phi) is 5.80. The minimum absolute atomic E-state index is 0.0152. The third kappa shape index (κ3) is 4.59. The van der Waals surface area contributed by atoms with E-state index < -0.39 is 0 Å². The fourth-order valence-electron chi connectivity index (χ4n) is 2.69. The highest BCUT2D eigenvalue weighted by atomic mass is 16.2. The number of likely N-dealkylation sites (N-methyl/N-ethyl adjacent to an activating group) is 1. The normalized spacial score (nSPS) is 10.7. The van der Waals surface area contributed by atoms with Crippen molar-refractivity contribution in [2.24, 2.45) is 0 Å². The van der Waals surface area contributed by atoms with Gasteiger partial charge in [-0.15, -0.1) is 0 Å². The lowest BCUT2D eigenvalue weighted by atomic mass is 10.0. The second-order valence-corrected chi connectivity index (χ2v) is 6.14. The molecule has 0 aliphatic rings. The second kappa shape index (κ2) is 7.82. The van der Waals surface area contributed by atoms with E-state index in [1.165, 1.54) is 11.1 Å². The molecule has 3 nitrogen and oxygen atoms in total. The number of anilines is 2. The maximum atomic E-state index is 12.5. The molecule has 0 saturated carbocycles. The van der Waals surface area contributed by atoms with Gasteiger partial charge in [0, 0.05) is 17.9 Å². The molecule has 3 heteroatoms. The Labute approximate surface area is 139 Å². The Morgan fingerprint density at radius 2 is 1.87 bits per heavy atom. The Balaban J connectivity index is 2.09. The zero-order valence-corrected chi connectivity index (χ0v) is 14.5. The average Bonchev–Trinajstić information content (AvgIpc) is 2.53. The van der Waals surface area contributed by atoms with E-state index in [9.17, 15) is 4.79 Å². The van der Waals surface area contributed by atoms with Crippen LogP contribution in [0.3, 0.4) is 0 Å². The Morgan fingerprint density at radius 1 is 1.13 bits per heavy atom. The number of aryl methyl sites for hydroxylation is 1. The summed E-state index contributed by atoms with van der Waals surface area (Å²) in [6.45, 7) is 9.55. The highest BCUT2D eigenvalue weighted by Gasteiger charge is 2.13. The number of hydrogen-bond donors (Lipinski definition) is 1. The van der Waals surface area contributed by atoms with Crippen LogP contribution in [0.4, 0.5) is 11.4 Å². The quantitative estimate of drug-likeness (QED) is 0.846. The molecule has 23 heavy (non-hydrogen) atoms. The lowest BCUT2D eigenvalue weighted by Gasteiger charge is -2.23. The minimum Gasteiger partial charge on any atom is -0.362 e. The van der Waals surface area contributed by atoms with Gasteiger partial charge in [0.15, 0.2) is 0 Å². The van der Waals surface area contributed by atoms with E-state index >= 15 is 0 Å². The molecule has 0 heterocycles. The van der Waals surface area contributed by atoms with Gasteiger partial charge in [-0.2, -0.15) is 0 Å². The third-order valence-electron chi connectivity index (χ3n) is 3.94. The minimum atomic E-state index is 0.0152. The van der Waals surface area contributed by atoms with Crippen LogP contribution in [0.25, 0.3) is 0 Å². The summed E-state index contributed by atoms with van der Waals surface area (Å²) in [6.07, 6.45) is 0. The fourth-order valence-corrected chi connectivity index (χ4v) is 2.69. The number of carbonyl (C=O) groups is 1. The van der Waals surface area contributed by atoms with Crippen molar-refractivity contribution in [1.82, 2.24) is 0 Å². The van der Waals surface area contributed by atoms with Gasteiger partial charge in [0.2, 0.25) is 5.91 Å². The van der Waals surface area contributed by atoms with Crippen LogP contribution in [-0.4, -0.2) is 19.0 Å². The Hall–Kier alpha value is -2.29. The van der Waals surface area contributed by atoms with Gasteiger partial charge in [-0.1, -0.05) is 44.2 Å². The number of benzene rings is 2. The first kappa shape index (κ1) is 17.1. The van der Waals surface area contributed by atoms with Crippen LogP contribution < -0.4 is 10.2 Å². The fraction of sp³-hybridized carbons (Fsp3) is 0.350. The van der Waals surface area contributed by atoms with Crippen LogP contribution in [0.5, 0.6) is 0 Å². The summed E-state index contributed by atoms with van der Waals surface area (Å²) in [6, 6.07) is 16.3. The standard InChI is InChI=1S/C20H26N2O/c1-5-22(17-10-8-9-16(4)13-17)14-20(23)21-19-12-7-6-11-18(19)15(2)3/h6-13,15H,5,14H2,1-4H3,(H,21,23). The third-order valence-corrected chi connectivity index (χ3v) is 3.94. The Morgan fingerprint density at radius 3 is 2.52 bits per heavy atom. The van der Waals surface area contributed by atoms with E-state index in [0.29, 0.717) is 12.5 Å². The number of para-hydroxylation sites is 1. The van der Waals surface area contributed by atoms with Gasteiger partial charge in [0.05, 0.1) is 6.54 Å². The molecular weight excluding hydrogens is 284 g/mol. The van der Waals surface area contributed by atoms with Crippen molar-refractivity contribution in [3.05, 3.63) is 59.7 Å². The maximum absolute atomic E-state index is 12.5. The first-order valence-corrected chi connectivity index (χ1v) is 8.21. The summed E-state index contributed by atoms with van der Waals surface area (Å²) in [4.78, 5) is 14.5. The molecule has 0 bridgehead atoms. The summed E-state index contributed by atoms with van der Waals surface area (Å²) < 4.78 is 0. The van der Waals surface area contributed by atoms with Gasteiger partial charge >= 0.3 is 0 Å². The lowest BCUT2D eigenvalue weighted by Crippen LogP contribution is -2.33. The highest BCUT2D eigenvalue weighted by molar-refractivity contribution is 5.94. The van der Waals surface area contributed by atoms with E-state index in [1.54, 1.807) is 0 Å². The molecule has 0 aliphatic heterocycles. The smallest absolute Gasteiger partial charge is 0.243 e. The topological polar surface area (TPSA) is 32.3 Å². The summed E-state index contributed by atoms with van der Waals surface area (Å²) in [5.41, 5.74) is 4.36. The van der Waals surface area contributed by atoms with E-state index in [0.717, 1.165) is 17.9 Å². The van der Waals surface area contributed by atoms with Crippen LogP contribution in [-0.2, 0) is 4.79 Å². The molecule has 0 aromatic heterocycles. The summed E-state index contributed by atoms with van der Waals surface area (Å²) >= 11 is 0. The Bertz CT molecular complexity index is 664. The van der Waals surface area contributed by atoms with E-state index in [2.05, 4.69) is 56.1 Å². The largest absolute Gasteiger partial charge is 0.362 e. The molecule has 2 rings (SSSR count). The summed E-state index contributed by atoms with van der Waals surface area (Å²) in [7, 11) is 0. The molecule has 122 valence electrons. The molecule has 1 N–H and O–H groups in total. The zero-order valence-electron chi connectivity index (χ0n) is 14.5. The molecule has 2 aromatic rings. The van der Waals surface area contributed by atoms with Crippen LogP contribution >= 0.6 is 0 Å². The van der Waals surface area contributed by atoms with Gasteiger partial charge in [-0.3, -0.25) is 4.79 Å².